The summed E-state index contributed by atoms with van der Waals surface area (Å²) in [6, 6.07) is 21.7. The normalized spacial score (nSPS) is 23.1. The van der Waals surface area contributed by atoms with Crippen molar-refractivity contribution in [2.45, 2.75) is 37.1 Å². The molecule has 3 atom stereocenters. The number of nitrogens with one attached hydrogen (secondary N) is 1. The number of benzene rings is 4. The summed E-state index contributed by atoms with van der Waals surface area (Å²) in [6.07, 6.45) is -1.66. The van der Waals surface area contributed by atoms with Crippen molar-refractivity contribution in [2.75, 3.05) is 6.54 Å². The van der Waals surface area contributed by atoms with Crippen LogP contribution in [0.2, 0.25) is 0 Å². The van der Waals surface area contributed by atoms with Gasteiger partial charge in [-0.05, 0) is 88.2 Å². The number of carbonyl (C=O) groups is 1. The molecule has 38 heavy (non-hydrogen) atoms. The number of piperidine rings is 2. The van der Waals surface area contributed by atoms with Gasteiger partial charge in [0.15, 0.2) is 0 Å². The Kier molecular flexibility index (Phi) is 5.81. The fraction of sp³-hybridized carbons (Fsp3) is 0.258. The molecule has 194 valence electrons. The van der Waals surface area contributed by atoms with Crippen LogP contribution < -0.4 is 5.32 Å². The van der Waals surface area contributed by atoms with E-state index < -0.39 is 23.3 Å². The molecule has 0 unspecified atom stereocenters. The number of carboxylic acids is 1. The second-order valence-corrected chi connectivity index (χ2v) is 10.4. The largest absolute Gasteiger partial charge is 0.478 e. The molecule has 4 aromatic carbocycles. The molecule has 3 aliphatic rings. The zero-order chi connectivity index (χ0) is 26.7. The highest BCUT2D eigenvalue weighted by molar-refractivity contribution is 6.04. The molecule has 1 aliphatic carbocycles. The number of aromatic carboxylic acids is 1. The summed E-state index contributed by atoms with van der Waals surface area (Å²) in [5.74, 6) is -0.900. The van der Waals surface area contributed by atoms with Crippen molar-refractivity contribution in [3.8, 4) is 22.3 Å². The Bertz CT molecular complexity index is 1520. The van der Waals surface area contributed by atoms with E-state index in [0.717, 1.165) is 53.6 Å². The number of aliphatic hydroxyl groups is 1. The first kappa shape index (κ1) is 24.6. The van der Waals surface area contributed by atoms with Gasteiger partial charge in [0.25, 0.3) is 0 Å². The van der Waals surface area contributed by atoms with E-state index in [4.69, 9.17) is 0 Å². The average molecular weight is 518 g/mol. The number of hydrogen-bond donors (Lipinski definition) is 3. The molecule has 0 amide bonds. The molecule has 0 radical (unpaired) electrons. The van der Waals surface area contributed by atoms with Crippen LogP contribution in [0.3, 0.4) is 0 Å². The third kappa shape index (κ3) is 4.25. The summed E-state index contributed by atoms with van der Waals surface area (Å²) in [5.41, 5.74) is 2.28. The zero-order valence-corrected chi connectivity index (χ0v) is 20.4. The van der Waals surface area contributed by atoms with Crippen LogP contribution in [0.1, 0.15) is 40.7 Å². The van der Waals surface area contributed by atoms with Crippen molar-refractivity contribution in [3.05, 3.63) is 95.6 Å². The maximum absolute atomic E-state index is 13.0. The first-order chi connectivity index (χ1) is 18.1. The third-order valence-electron chi connectivity index (χ3n) is 8.19. The number of carboxylic acid groups (broad SMARTS) is 1. The standard InChI is InChI=1S/C31H26F3NO3/c32-31(33,34)24-8-1-18(2-9-24)20-5-12-27-21(13-20)14-22(29(36)37)15-28(27)19-3-6-23(7-4-19)30(38)16-26-11-10-25(30)17-35-26/h1-9,12-15,25-26,35,38H,10-11,16-17H2,(H,36,37)/t25-,26-,30-/m1/s1. The summed E-state index contributed by atoms with van der Waals surface area (Å²) in [7, 11) is 0. The molecule has 3 fully saturated rings. The molecule has 0 spiro atoms. The van der Waals surface area contributed by atoms with E-state index in [1.54, 1.807) is 18.2 Å². The Morgan fingerprint density at radius 2 is 1.55 bits per heavy atom. The molecule has 4 nitrogen and oxygen atoms in total. The summed E-state index contributed by atoms with van der Waals surface area (Å²) in [6.45, 7) is 0.801. The van der Waals surface area contributed by atoms with E-state index in [-0.39, 0.29) is 11.5 Å². The van der Waals surface area contributed by atoms with Gasteiger partial charge in [-0.15, -0.1) is 0 Å². The Hall–Kier alpha value is -3.68. The van der Waals surface area contributed by atoms with Gasteiger partial charge in [0.1, 0.15) is 0 Å². The number of rotatable bonds is 4. The number of fused-ring (bicyclic) bond motifs is 4. The van der Waals surface area contributed by atoms with Crippen LogP contribution in [0.25, 0.3) is 33.0 Å². The summed E-state index contributed by atoms with van der Waals surface area (Å²) < 4.78 is 38.9. The van der Waals surface area contributed by atoms with E-state index in [9.17, 15) is 28.2 Å². The van der Waals surface area contributed by atoms with Gasteiger partial charge in [0.2, 0.25) is 0 Å². The Labute approximate surface area is 217 Å². The fourth-order valence-electron chi connectivity index (χ4n) is 6.09. The minimum absolute atomic E-state index is 0.121. The summed E-state index contributed by atoms with van der Waals surface area (Å²) in [4.78, 5) is 11.9. The lowest BCUT2D eigenvalue weighted by atomic mass is 9.66. The van der Waals surface area contributed by atoms with Crippen molar-refractivity contribution < 1.29 is 28.2 Å². The van der Waals surface area contributed by atoms with Gasteiger partial charge < -0.3 is 15.5 Å². The highest BCUT2D eigenvalue weighted by Crippen LogP contribution is 2.45. The van der Waals surface area contributed by atoms with Gasteiger partial charge >= 0.3 is 12.1 Å². The minimum Gasteiger partial charge on any atom is -0.478 e. The molecule has 7 heteroatoms. The molecule has 2 bridgehead atoms. The van der Waals surface area contributed by atoms with Crippen molar-refractivity contribution in [2.24, 2.45) is 5.92 Å². The van der Waals surface area contributed by atoms with Crippen LogP contribution >= 0.6 is 0 Å². The molecule has 0 aromatic heterocycles. The van der Waals surface area contributed by atoms with E-state index in [2.05, 4.69) is 5.32 Å². The number of alkyl halides is 3. The van der Waals surface area contributed by atoms with Crippen molar-refractivity contribution >= 4 is 16.7 Å². The lowest BCUT2D eigenvalue weighted by Crippen LogP contribution is -2.57. The van der Waals surface area contributed by atoms with Gasteiger partial charge in [0, 0.05) is 18.5 Å². The minimum atomic E-state index is -4.41. The van der Waals surface area contributed by atoms with Gasteiger partial charge in [-0.1, -0.05) is 48.5 Å². The van der Waals surface area contributed by atoms with E-state index in [1.165, 1.54) is 12.1 Å². The van der Waals surface area contributed by atoms with Crippen molar-refractivity contribution in [1.82, 2.24) is 5.32 Å². The molecular weight excluding hydrogens is 491 g/mol. The quantitative estimate of drug-likeness (QED) is 0.277. The maximum atomic E-state index is 13.0. The van der Waals surface area contributed by atoms with Crippen LogP contribution in [0.15, 0.2) is 78.9 Å². The maximum Gasteiger partial charge on any atom is 0.416 e. The predicted octanol–water partition coefficient (Wildman–Crippen LogP) is 6.85. The predicted molar refractivity (Wildman–Crippen MR) is 140 cm³/mol. The molecule has 1 saturated carbocycles. The molecule has 7 rings (SSSR count). The van der Waals surface area contributed by atoms with Gasteiger partial charge in [-0.25, -0.2) is 4.79 Å². The smallest absolute Gasteiger partial charge is 0.416 e. The molecule has 2 saturated heterocycles. The van der Waals surface area contributed by atoms with E-state index in [1.807, 2.05) is 36.4 Å². The fourth-order valence-corrected chi connectivity index (χ4v) is 6.09. The SMILES string of the molecule is O=C(O)c1cc(-c2ccc([C@]3(O)C[C@H]4CC[C@@H]3CN4)cc2)c2ccc(-c3ccc(C(F)(F)F)cc3)cc2c1. The Morgan fingerprint density at radius 1 is 0.868 bits per heavy atom. The first-order valence-electron chi connectivity index (χ1n) is 12.7. The second-order valence-electron chi connectivity index (χ2n) is 10.4. The van der Waals surface area contributed by atoms with Gasteiger partial charge in [-0.2, -0.15) is 13.2 Å². The van der Waals surface area contributed by atoms with Crippen molar-refractivity contribution in [3.63, 3.8) is 0 Å². The van der Waals surface area contributed by atoms with Crippen LogP contribution in [-0.4, -0.2) is 28.8 Å². The van der Waals surface area contributed by atoms with E-state index in [0.29, 0.717) is 29.0 Å². The molecular formula is C31H26F3NO3. The van der Waals surface area contributed by atoms with Gasteiger partial charge in [-0.3, -0.25) is 0 Å². The van der Waals surface area contributed by atoms with Gasteiger partial charge in [0.05, 0.1) is 16.7 Å². The van der Waals surface area contributed by atoms with E-state index >= 15 is 0 Å². The third-order valence-corrected chi connectivity index (χ3v) is 8.19. The average Bonchev–Trinajstić information content (AvgIpc) is 2.92. The van der Waals surface area contributed by atoms with Crippen LogP contribution in [0.5, 0.6) is 0 Å². The first-order valence-corrected chi connectivity index (χ1v) is 12.7. The number of halogens is 3. The van der Waals surface area contributed by atoms with Crippen LogP contribution in [-0.2, 0) is 11.8 Å². The van der Waals surface area contributed by atoms with Crippen molar-refractivity contribution in [1.29, 1.82) is 0 Å². The summed E-state index contributed by atoms with van der Waals surface area (Å²) >= 11 is 0. The molecule has 4 aromatic rings. The van der Waals surface area contributed by atoms with Crippen LogP contribution in [0.4, 0.5) is 13.2 Å². The second kappa shape index (κ2) is 8.96. The molecule has 2 heterocycles. The summed E-state index contributed by atoms with van der Waals surface area (Å²) in [5, 5.41) is 26.3. The highest BCUT2D eigenvalue weighted by atomic mass is 19.4. The lowest BCUT2D eigenvalue weighted by molar-refractivity contribution is -0.137. The highest BCUT2D eigenvalue weighted by Gasteiger charge is 2.47. The monoisotopic (exact) mass is 517 g/mol. The Balaban J connectivity index is 1.39. The zero-order valence-electron chi connectivity index (χ0n) is 20.4. The topological polar surface area (TPSA) is 69.6 Å². The lowest BCUT2D eigenvalue weighted by Gasteiger charge is -2.49. The molecule has 3 N–H and O–H groups in total. The van der Waals surface area contributed by atoms with Crippen LogP contribution in [0, 0.1) is 5.92 Å². The number of hydrogen-bond acceptors (Lipinski definition) is 3. The molecule has 2 aliphatic heterocycles. The Morgan fingerprint density at radius 3 is 2.13 bits per heavy atom.